The van der Waals surface area contributed by atoms with Gasteiger partial charge in [-0.05, 0) is 24.3 Å². The molecule has 2 aliphatic rings. The Balaban J connectivity index is 1.33. The first-order chi connectivity index (χ1) is 12.6. The molecule has 0 unspecified atom stereocenters. The van der Waals surface area contributed by atoms with Gasteiger partial charge in [0.15, 0.2) is 0 Å². The number of nitrogens with zero attached hydrogens (tertiary/aromatic N) is 2. The standard InChI is InChI=1S/C17H17N3O5S/c21-13(8-20-15(22)17(19-16(20)23)5-1-2-6-17)24-9-11-10-25-14(18-11)12-4-3-7-26-12/h3-4,7,10H,1-2,5-6,8-9H2,(H,19,23). The maximum absolute atomic E-state index is 12.5. The van der Waals surface area contributed by atoms with Crippen LogP contribution < -0.4 is 5.32 Å². The van der Waals surface area contributed by atoms with Crippen LogP contribution in [0, 0.1) is 0 Å². The molecule has 1 spiro atoms. The van der Waals surface area contributed by atoms with Gasteiger partial charge < -0.3 is 14.5 Å². The first-order valence-corrected chi connectivity index (χ1v) is 9.23. The molecule has 1 aliphatic heterocycles. The first kappa shape index (κ1) is 16.8. The highest BCUT2D eigenvalue weighted by molar-refractivity contribution is 7.13. The molecule has 4 rings (SSSR count). The SMILES string of the molecule is O=C(CN1C(=O)NC2(CCCC2)C1=O)OCc1coc(-c2cccs2)n1. The van der Waals surface area contributed by atoms with Crippen LogP contribution in [0.2, 0.25) is 0 Å². The second-order valence-corrected chi connectivity index (χ2v) is 7.34. The van der Waals surface area contributed by atoms with E-state index in [2.05, 4.69) is 10.3 Å². The maximum atomic E-state index is 12.5. The lowest BCUT2D eigenvalue weighted by Crippen LogP contribution is -2.44. The van der Waals surface area contributed by atoms with Gasteiger partial charge in [0.05, 0.1) is 4.88 Å². The van der Waals surface area contributed by atoms with Gasteiger partial charge in [-0.3, -0.25) is 14.5 Å². The number of carbonyl (C=O) groups excluding carboxylic acids is 3. The van der Waals surface area contributed by atoms with Crippen LogP contribution in [0.3, 0.4) is 0 Å². The van der Waals surface area contributed by atoms with Crippen molar-refractivity contribution < 1.29 is 23.5 Å². The molecule has 2 aromatic rings. The van der Waals surface area contributed by atoms with Crippen molar-refractivity contribution in [2.75, 3.05) is 6.54 Å². The summed E-state index contributed by atoms with van der Waals surface area (Å²) in [6, 6.07) is 3.23. The van der Waals surface area contributed by atoms with Crippen LogP contribution in [0.25, 0.3) is 10.8 Å². The number of imide groups is 1. The van der Waals surface area contributed by atoms with Crippen molar-refractivity contribution in [2.24, 2.45) is 0 Å². The molecule has 1 aliphatic carbocycles. The minimum absolute atomic E-state index is 0.0809. The van der Waals surface area contributed by atoms with Crippen LogP contribution in [0.15, 0.2) is 28.2 Å². The molecule has 1 saturated carbocycles. The van der Waals surface area contributed by atoms with E-state index in [9.17, 15) is 14.4 Å². The van der Waals surface area contributed by atoms with Crippen molar-refractivity contribution in [3.05, 3.63) is 29.5 Å². The molecule has 0 radical (unpaired) electrons. The molecule has 9 heteroatoms. The van der Waals surface area contributed by atoms with E-state index >= 15 is 0 Å². The van der Waals surface area contributed by atoms with Gasteiger partial charge >= 0.3 is 12.0 Å². The van der Waals surface area contributed by atoms with Crippen LogP contribution in [-0.2, 0) is 20.9 Å². The Hall–Kier alpha value is -2.68. The summed E-state index contributed by atoms with van der Waals surface area (Å²) in [6.45, 7) is -0.482. The fraction of sp³-hybridized carbons (Fsp3) is 0.412. The number of rotatable bonds is 5. The summed E-state index contributed by atoms with van der Waals surface area (Å²) in [5, 5.41) is 4.64. The van der Waals surface area contributed by atoms with Crippen molar-refractivity contribution >= 4 is 29.2 Å². The number of aromatic nitrogens is 1. The zero-order chi connectivity index (χ0) is 18.1. The largest absolute Gasteiger partial charge is 0.458 e. The van der Waals surface area contributed by atoms with Gasteiger partial charge in [-0.1, -0.05) is 18.9 Å². The molecule has 3 amide bonds. The Morgan fingerprint density at radius 2 is 2.19 bits per heavy atom. The van der Waals surface area contributed by atoms with Crippen molar-refractivity contribution in [2.45, 2.75) is 37.8 Å². The Morgan fingerprint density at radius 3 is 2.92 bits per heavy atom. The monoisotopic (exact) mass is 375 g/mol. The van der Waals surface area contributed by atoms with Crippen LogP contribution in [0.1, 0.15) is 31.4 Å². The predicted molar refractivity (Wildman–Crippen MR) is 91.1 cm³/mol. The van der Waals surface area contributed by atoms with E-state index in [1.807, 2.05) is 17.5 Å². The lowest BCUT2D eigenvalue weighted by Gasteiger charge is -2.19. The van der Waals surface area contributed by atoms with Crippen LogP contribution in [0.5, 0.6) is 0 Å². The Labute approximate surface area is 153 Å². The van der Waals surface area contributed by atoms with E-state index in [0.717, 1.165) is 22.6 Å². The fourth-order valence-electron chi connectivity index (χ4n) is 3.35. The summed E-state index contributed by atoms with van der Waals surface area (Å²) in [7, 11) is 0. The maximum Gasteiger partial charge on any atom is 0.326 e. The summed E-state index contributed by atoms with van der Waals surface area (Å²) >= 11 is 1.49. The lowest BCUT2D eigenvalue weighted by atomic mass is 9.98. The van der Waals surface area contributed by atoms with Gasteiger partial charge in [0.1, 0.15) is 30.6 Å². The van der Waals surface area contributed by atoms with E-state index in [1.165, 1.54) is 17.6 Å². The van der Waals surface area contributed by atoms with Crippen molar-refractivity contribution in [1.29, 1.82) is 0 Å². The highest BCUT2D eigenvalue weighted by Gasteiger charge is 2.52. The Morgan fingerprint density at radius 1 is 1.38 bits per heavy atom. The number of urea groups is 1. The average Bonchev–Trinajstić information content (AvgIpc) is 3.40. The van der Waals surface area contributed by atoms with Crippen LogP contribution in [0.4, 0.5) is 4.79 Å². The highest BCUT2D eigenvalue weighted by atomic mass is 32.1. The molecular formula is C17H17N3O5S. The number of hydrogen-bond donors (Lipinski definition) is 1. The minimum atomic E-state index is -0.820. The summed E-state index contributed by atoms with van der Waals surface area (Å²) in [5.41, 5.74) is -0.356. The zero-order valence-corrected chi connectivity index (χ0v) is 14.7. The van der Waals surface area contributed by atoms with Crippen molar-refractivity contribution in [1.82, 2.24) is 15.2 Å². The van der Waals surface area contributed by atoms with Crippen LogP contribution >= 0.6 is 11.3 Å². The van der Waals surface area contributed by atoms with Crippen molar-refractivity contribution in [3.8, 4) is 10.8 Å². The van der Waals surface area contributed by atoms with Gasteiger partial charge in [-0.2, -0.15) is 0 Å². The number of amides is 3. The van der Waals surface area contributed by atoms with Crippen LogP contribution in [-0.4, -0.2) is 39.9 Å². The predicted octanol–water partition coefficient (Wildman–Crippen LogP) is 2.31. The number of carbonyl (C=O) groups is 3. The molecule has 1 saturated heterocycles. The summed E-state index contributed by atoms with van der Waals surface area (Å²) < 4.78 is 10.5. The number of thiophene rings is 1. The van der Waals surface area contributed by atoms with Crippen molar-refractivity contribution in [3.63, 3.8) is 0 Å². The molecule has 3 heterocycles. The molecule has 2 fully saturated rings. The third-order valence-corrected chi connectivity index (χ3v) is 5.51. The molecule has 0 atom stereocenters. The molecule has 1 N–H and O–H groups in total. The Bertz CT molecular complexity index is 838. The molecule has 136 valence electrons. The summed E-state index contributed by atoms with van der Waals surface area (Å²) in [4.78, 5) is 42.7. The number of hydrogen-bond acceptors (Lipinski definition) is 7. The summed E-state index contributed by atoms with van der Waals surface area (Å²) in [6.07, 6.45) is 4.44. The van der Waals surface area contributed by atoms with E-state index in [4.69, 9.17) is 9.15 Å². The second kappa shape index (κ2) is 6.56. The molecule has 2 aromatic heterocycles. The number of nitrogens with one attached hydrogen (secondary N) is 1. The highest BCUT2D eigenvalue weighted by Crippen LogP contribution is 2.34. The minimum Gasteiger partial charge on any atom is -0.458 e. The van der Waals surface area contributed by atoms with Gasteiger partial charge in [0.25, 0.3) is 5.91 Å². The Kier molecular flexibility index (Phi) is 4.23. The third-order valence-electron chi connectivity index (χ3n) is 4.65. The van der Waals surface area contributed by atoms with E-state index in [0.29, 0.717) is 24.4 Å². The zero-order valence-electron chi connectivity index (χ0n) is 13.9. The molecule has 26 heavy (non-hydrogen) atoms. The molecule has 0 bridgehead atoms. The fourth-order valence-corrected chi connectivity index (χ4v) is 4.01. The molecule has 8 nitrogen and oxygen atoms in total. The number of ether oxygens (including phenoxy) is 1. The van der Waals surface area contributed by atoms with Gasteiger partial charge in [-0.15, -0.1) is 11.3 Å². The lowest BCUT2D eigenvalue weighted by molar-refractivity contribution is -0.148. The quantitative estimate of drug-likeness (QED) is 0.636. The second-order valence-electron chi connectivity index (χ2n) is 6.39. The number of esters is 1. The normalized spacial score (nSPS) is 18.5. The van der Waals surface area contributed by atoms with E-state index < -0.39 is 24.1 Å². The first-order valence-electron chi connectivity index (χ1n) is 8.35. The van der Waals surface area contributed by atoms with Gasteiger partial charge in [-0.25, -0.2) is 9.78 Å². The van der Waals surface area contributed by atoms with E-state index in [1.54, 1.807) is 0 Å². The topological polar surface area (TPSA) is 102 Å². The average molecular weight is 375 g/mol. The number of oxazole rings is 1. The smallest absolute Gasteiger partial charge is 0.326 e. The summed E-state index contributed by atoms with van der Waals surface area (Å²) in [5.74, 6) is -0.536. The molecular weight excluding hydrogens is 358 g/mol. The molecule has 0 aromatic carbocycles. The van der Waals surface area contributed by atoms with Gasteiger partial charge in [0, 0.05) is 0 Å². The van der Waals surface area contributed by atoms with E-state index in [-0.39, 0.29) is 12.5 Å². The third kappa shape index (κ3) is 2.98. The van der Waals surface area contributed by atoms with Gasteiger partial charge in [0.2, 0.25) is 5.89 Å².